The van der Waals surface area contributed by atoms with E-state index in [1.165, 1.54) is 5.57 Å². The van der Waals surface area contributed by atoms with Gasteiger partial charge >= 0.3 is 0 Å². The van der Waals surface area contributed by atoms with E-state index in [9.17, 15) is 0 Å². The molecule has 0 fully saturated rings. The molecule has 1 heteroatoms. The van der Waals surface area contributed by atoms with Crippen molar-refractivity contribution >= 4 is 0 Å². The average Bonchev–Trinajstić information content (AvgIpc) is 2.22. The lowest BCUT2D eigenvalue weighted by Gasteiger charge is -2.10. The SMILES string of the molecule is C=C(C)/C(N)=C(C)/C(=C\C=C/C)CCC. The van der Waals surface area contributed by atoms with Crippen LogP contribution in [0, 0.1) is 0 Å². The van der Waals surface area contributed by atoms with Gasteiger partial charge in [-0.25, -0.2) is 0 Å². The maximum Gasteiger partial charge on any atom is 0.0370 e. The Kier molecular flexibility index (Phi) is 6.52. The monoisotopic (exact) mass is 205 g/mol. The molecule has 0 aliphatic heterocycles. The Morgan fingerprint density at radius 1 is 1.33 bits per heavy atom. The standard InChI is InChI=1S/C14H23N/c1-6-8-10-13(9-7-2)12(5)14(15)11(3)4/h6,8,10H,3,7,9,15H2,1-2,4-5H3/b8-6-,13-10-,14-12-. The topological polar surface area (TPSA) is 26.0 Å². The van der Waals surface area contributed by atoms with Crippen LogP contribution in [-0.4, -0.2) is 0 Å². The third-order valence-electron chi connectivity index (χ3n) is 2.35. The Hall–Kier alpha value is -1.24. The molecular weight excluding hydrogens is 182 g/mol. The Bertz CT molecular complexity index is 303. The van der Waals surface area contributed by atoms with Crippen LogP contribution in [0.5, 0.6) is 0 Å². The van der Waals surface area contributed by atoms with E-state index in [0.29, 0.717) is 0 Å². The van der Waals surface area contributed by atoms with Gasteiger partial charge in [-0.05, 0) is 43.9 Å². The minimum Gasteiger partial charge on any atom is -0.398 e. The second-order valence-electron chi connectivity index (χ2n) is 3.79. The van der Waals surface area contributed by atoms with Crippen molar-refractivity contribution in [2.75, 3.05) is 0 Å². The Morgan fingerprint density at radius 2 is 1.93 bits per heavy atom. The van der Waals surface area contributed by atoms with Gasteiger partial charge in [-0.2, -0.15) is 0 Å². The van der Waals surface area contributed by atoms with Crippen molar-refractivity contribution in [2.45, 2.75) is 40.5 Å². The zero-order chi connectivity index (χ0) is 11.8. The zero-order valence-corrected chi connectivity index (χ0v) is 10.4. The average molecular weight is 205 g/mol. The summed E-state index contributed by atoms with van der Waals surface area (Å²) in [5.74, 6) is 0. The first-order valence-corrected chi connectivity index (χ1v) is 5.49. The van der Waals surface area contributed by atoms with Gasteiger partial charge in [0.15, 0.2) is 0 Å². The molecule has 0 atom stereocenters. The first-order chi connectivity index (χ1) is 7.04. The molecule has 0 rings (SSSR count). The van der Waals surface area contributed by atoms with Crippen LogP contribution in [0.2, 0.25) is 0 Å². The highest BCUT2D eigenvalue weighted by Gasteiger charge is 2.03. The Labute approximate surface area is 94.1 Å². The molecule has 15 heavy (non-hydrogen) atoms. The molecule has 0 aromatic heterocycles. The van der Waals surface area contributed by atoms with Crippen LogP contribution in [0.4, 0.5) is 0 Å². The molecule has 0 heterocycles. The number of rotatable bonds is 5. The summed E-state index contributed by atoms with van der Waals surface area (Å²) in [6.07, 6.45) is 8.41. The number of hydrogen-bond acceptors (Lipinski definition) is 1. The van der Waals surface area contributed by atoms with Gasteiger partial charge < -0.3 is 5.73 Å². The molecule has 0 aliphatic rings. The van der Waals surface area contributed by atoms with Crippen molar-refractivity contribution in [2.24, 2.45) is 5.73 Å². The molecule has 2 N–H and O–H groups in total. The highest BCUT2D eigenvalue weighted by atomic mass is 14.6. The Morgan fingerprint density at radius 3 is 2.33 bits per heavy atom. The predicted octanol–water partition coefficient (Wildman–Crippen LogP) is 4.10. The quantitative estimate of drug-likeness (QED) is 0.672. The fourth-order valence-corrected chi connectivity index (χ4v) is 1.37. The van der Waals surface area contributed by atoms with Crippen LogP contribution in [0.1, 0.15) is 40.5 Å². The summed E-state index contributed by atoms with van der Waals surface area (Å²) in [4.78, 5) is 0. The van der Waals surface area contributed by atoms with E-state index < -0.39 is 0 Å². The molecule has 0 radical (unpaired) electrons. The molecule has 0 saturated carbocycles. The van der Waals surface area contributed by atoms with Gasteiger partial charge in [0.25, 0.3) is 0 Å². The molecule has 0 saturated heterocycles. The first-order valence-electron chi connectivity index (χ1n) is 5.49. The summed E-state index contributed by atoms with van der Waals surface area (Å²) < 4.78 is 0. The first kappa shape index (κ1) is 13.8. The van der Waals surface area contributed by atoms with Crippen LogP contribution >= 0.6 is 0 Å². The summed E-state index contributed by atoms with van der Waals surface area (Å²) in [6.45, 7) is 12.1. The lowest BCUT2D eigenvalue weighted by atomic mass is 9.98. The van der Waals surface area contributed by atoms with E-state index in [2.05, 4.69) is 32.6 Å². The summed E-state index contributed by atoms with van der Waals surface area (Å²) in [5, 5.41) is 0. The summed E-state index contributed by atoms with van der Waals surface area (Å²) >= 11 is 0. The molecular formula is C14H23N. The van der Waals surface area contributed by atoms with Crippen molar-refractivity contribution in [1.82, 2.24) is 0 Å². The number of allylic oxidation sites excluding steroid dienone is 6. The molecule has 0 aromatic rings. The van der Waals surface area contributed by atoms with Gasteiger partial charge in [0.1, 0.15) is 0 Å². The Balaban J connectivity index is 5.08. The summed E-state index contributed by atoms with van der Waals surface area (Å²) in [7, 11) is 0. The van der Waals surface area contributed by atoms with Crippen molar-refractivity contribution in [3.63, 3.8) is 0 Å². The van der Waals surface area contributed by atoms with Gasteiger partial charge in [0.2, 0.25) is 0 Å². The van der Waals surface area contributed by atoms with E-state index >= 15 is 0 Å². The van der Waals surface area contributed by atoms with E-state index in [1.54, 1.807) is 0 Å². The minimum absolute atomic E-state index is 0.819. The second kappa shape index (κ2) is 7.10. The third-order valence-corrected chi connectivity index (χ3v) is 2.35. The highest BCUT2D eigenvalue weighted by Crippen LogP contribution is 2.20. The van der Waals surface area contributed by atoms with Crippen LogP contribution in [0.3, 0.4) is 0 Å². The van der Waals surface area contributed by atoms with Gasteiger partial charge in [-0.3, -0.25) is 0 Å². The minimum atomic E-state index is 0.819. The van der Waals surface area contributed by atoms with Gasteiger partial charge in [-0.1, -0.05) is 38.2 Å². The molecule has 0 bridgehead atoms. The van der Waals surface area contributed by atoms with Gasteiger partial charge in [-0.15, -0.1) is 0 Å². The summed E-state index contributed by atoms with van der Waals surface area (Å²) in [5.41, 5.74) is 10.2. The van der Waals surface area contributed by atoms with Crippen molar-refractivity contribution < 1.29 is 0 Å². The van der Waals surface area contributed by atoms with Crippen molar-refractivity contribution in [3.8, 4) is 0 Å². The predicted molar refractivity (Wildman–Crippen MR) is 69.5 cm³/mol. The molecule has 0 aliphatic carbocycles. The zero-order valence-electron chi connectivity index (χ0n) is 10.4. The van der Waals surface area contributed by atoms with E-state index in [-0.39, 0.29) is 0 Å². The van der Waals surface area contributed by atoms with E-state index in [1.807, 2.05) is 19.9 Å². The van der Waals surface area contributed by atoms with Gasteiger partial charge in [0.05, 0.1) is 0 Å². The van der Waals surface area contributed by atoms with Crippen LogP contribution < -0.4 is 5.73 Å². The molecule has 0 amide bonds. The van der Waals surface area contributed by atoms with E-state index in [0.717, 1.165) is 29.7 Å². The van der Waals surface area contributed by atoms with Crippen molar-refractivity contribution in [3.05, 3.63) is 47.2 Å². The summed E-state index contributed by atoms with van der Waals surface area (Å²) in [6, 6.07) is 0. The number of hydrogen-bond donors (Lipinski definition) is 1. The molecule has 0 spiro atoms. The lowest BCUT2D eigenvalue weighted by Crippen LogP contribution is -2.03. The lowest BCUT2D eigenvalue weighted by molar-refractivity contribution is 0.906. The van der Waals surface area contributed by atoms with Gasteiger partial charge in [0, 0.05) is 5.70 Å². The molecule has 0 aromatic carbocycles. The fraction of sp³-hybridized carbons (Fsp3) is 0.429. The smallest absolute Gasteiger partial charge is 0.0370 e. The maximum atomic E-state index is 5.98. The van der Waals surface area contributed by atoms with E-state index in [4.69, 9.17) is 5.73 Å². The largest absolute Gasteiger partial charge is 0.398 e. The molecule has 1 nitrogen and oxygen atoms in total. The van der Waals surface area contributed by atoms with Crippen LogP contribution in [-0.2, 0) is 0 Å². The van der Waals surface area contributed by atoms with Crippen LogP contribution in [0.15, 0.2) is 47.2 Å². The fourth-order valence-electron chi connectivity index (χ4n) is 1.37. The molecule has 0 unspecified atom stereocenters. The van der Waals surface area contributed by atoms with Crippen molar-refractivity contribution in [1.29, 1.82) is 0 Å². The normalized spacial score (nSPS) is 14.3. The van der Waals surface area contributed by atoms with Crippen LogP contribution in [0.25, 0.3) is 0 Å². The number of nitrogens with two attached hydrogens (primary N) is 1. The third kappa shape index (κ3) is 4.68. The molecule has 84 valence electrons. The maximum absolute atomic E-state index is 5.98. The second-order valence-corrected chi connectivity index (χ2v) is 3.79. The highest BCUT2D eigenvalue weighted by molar-refractivity contribution is 5.41.